The highest BCUT2D eigenvalue weighted by atomic mass is 32.1. The average molecular weight is 411 g/mol. The van der Waals surface area contributed by atoms with Crippen LogP contribution >= 0.6 is 11.3 Å². The molecule has 0 aliphatic carbocycles. The van der Waals surface area contributed by atoms with Crippen LogP contribution in [-0.2, 0) is 7.05 Å². The van der Waals surface area contributed by atoms with Gasteiger partial charge in [0.1, 0.15) is 16.1 Å². The van der Waals surface area contributed by atoms with Crippen molar-refractivity contribution in [1.82, 2.24) is 14.5 Å². The second-order valence-corrected chi connectivity index (χ2v) is 8.34. The summed E-state index contributed by atoms with van der Waals surface area (Å²) in [6, 6.07) is 2.12. The van der Waals surface area contributed by atoms with Crippen molar-refractivity contribution in [2.45, 2.75) is 25.8 Å². The maximum absolute atomic E-state index is 13.6. The van der Waals surface area contributed by atoms with Crippen LogP contribution in [0, 0.1) is 0 Å². The number of carbonyl (C=O) groups excluding carboxylic acids is 1. The molecule has 5 heterocycles. The normalized spacial score (nSPS) is 18.7. The second-order valence-electron chi connectivity index (χ2n) is 7.46. The summed E-state index contributed by atoms with van der Waals surface area (Å²) in [5.74, 6) is 1.14. The van der Waals surface area contributed by atoms with Crippen LogP contribution in [0.1, 0.15) is 30.1 Å². The second kappa shape index (κ2) is 6.84. The number of aryl methyl sites for hydroxylation is 1. The monoisotopic (exact) mass is 410 g/mol. The summed E-state index contributed by atoms with van der Waals surface area (Å²) in [6.45, 7) is 4.17. The first-order valence-electron chi connectivity index (χ1n) is 9.84. The fourth-order valence-corrected chi connectivity index (χ4v) is 5.27. The highest BCUT2D eigenvalue weighted by molar-refractivity contribution is 7.17. The van der Waals surface area contributed by atoms with E-state index in [1.807, 2.05) is 23.3 Å². The highest BCUT2D eigenvalue weighted by Crippen LogP contribution is 2.37. The van der Waals surface area contributed by atoms with Crippen LogP contribution < -0.4 is 20.7 Å². The lowest BCUT2D eigenvalue weighted by molar-refractivity contribution is 0.0988. The number of anilines is 3. The van der Waals surface area contributed by atoms with Crippen LogP contribution in [-0.4, -0.2) is 46.1 Å². The van der Waals surface area contributed by atoms with Gasteiger partial charge in [-0.15, -0.1) is 11.3 Å². The van der Waals surface area contributed by atoms with E-state index in [9.17, 15) is 9.59 Å². The van der Waals surface area contributed by atoms with E-state index >= 15 is 0 Å². The van der Waals surface area contributed by atoms with Gasteiger partial charge in [-0.25, -0.2) is 4.98 Å². The third-order valence-corrected chi connectivity index (χ3v) is 6.67. The standard InChI is InChI=1S/C20H22N6O2S/c1-3-21-20-22-9-14-17(23-20)25-7-4-5-12(25)10-26(18(14)27)15-11-29-16-13(15)6-8-24(2)19(16)28/h6,8-9,11-12H,3-5,7,10H2,1-2H3,(H,21,22,23)/t12-/m0/s1. The maximum Gasteiger partial charge on any atom is 0.268 e. The molecule has 1 saturated heterocycles. The third-order valence-electron chi connectivity index (χ3n) is 5.70. The molecule has 0 saturated carbocycles. The highest BCUT2D eigenvalue weighted by Gasteiger charge is 2.38. The number of rotatable bonds is 3. The predicted molar refractivity (Wildman–Crippen MR) is 115 cm³/mol. The lowest BCUT2D eigenvalue weighted by atomic mass is 10.2. The molecular formula is C20H22N6O2S. The molecule has 8 nitrogen and oxygen atoms in total. The molecule has 2 aliphatic rings. The molecule has 1 atom stereocenters. The van der Waals surface area contributed by atoms with Gasteiger partial charge in [-0.3, -0.25) is 9.59 Å². The fraction of sp³-hybridized carbons (Fsp3) is 0.400. The summed E-state index contributed by atoms with van der Waals surface area (Å²) in [4.78, 5) is 39.1. The van der Waals surface area contributed by atoms with Crippen molar-refractivity contribution in [2.75, 3.05) is 34.8 Å². The maximum atomic E-state index is 13.6. The van der Waals surface area contributed by atoms with Crippen LogP contribution in [0.5, 0.6) is 0 Å². The number of hydrogen-bond donors (Lipinski definition) is 1. The molecule has 29 heavy (non-hydrogen) atoms. The summed E-state index contributed by atoms with van der Waals surface area (Å²) in [6.07, 6.45) is 5.46. The molecule has 3 aromatic heterocycles. The minimum absolute atomic E-state index is 0.0393. The molecule has 0 spiro atoms. The van der Waals surface area contributed by atoms with Gasteiger partial charge in [0, 0.05) is 55.9 Å². The Hall–Kier alpha value is -2.94. The molecule has 0 unspecified atom stereocenters. The van der Waals surface area contributed by atoms with E-state index in [2.05, 4.69) is 20.2 Å². The number of aromatic nitrogens is 3. The van der Waals surface area contributed by atoms with Gasteiger partial charge in [-0.05, 0) is 25.8 Å². The zero-order chi connectivity index (χ0) is 20.1. The minimum atomic E-state index is -0.113. The summed E-state index contributed by atoms with van der Waals surface area (Å²) in [7, 11) is 1.74. The molecule has 2 aliphatic heterocycles. The Balaban J connectivity index is 1.65. The fourth-order valence-electron chi connectivity index (χ4n) is 4.25. The number of thiophene rings is 1. The quantitative estimate of drug-likeness (QED) is 0.714. The smallest absolute Gasteiger partial charge is 0.268 e. The van der Waals surface area contributed by atoms with Crippen LogP contribution in [0.25, 0.3) is 10.1 Å². The van der Waals surface area contributed by atoms with Crippen molar-refractivity contribution >= 4 is 44.8 Å². The molecule has 9 heteroatoms. The first-order valence-corrected chi connectivity index (χ1v) is 10.7. The Morgan fingerprint density at radius 2 is 2.21 bits per heavy atom. The first-order chi connectivity index (χ1) is 14.1. The van der Waals surface area contributed by atoms with Crippen LogP contribution in [0.4, 0.5) is 17.5 Å². The van der Waals surface area contributed by atoms with Gasteiger partial charge in [0.25, 0.3) is 11.5 Å². The van der Waals surface area contributed by atoms with E-state index in [0.717, 1.165) is 37.0 Å². The molecule has 1 fully saturated rings. The first kappa shape index (κ1) is 18.1. The molecule has 0 bridgehead atoms. The molecule has 0 radical (unpaired) electrons. The van der Waals surface area contributed by atoms with Gasteiger partial charge in [0.2, 0.25) is 5.95 Å². The topological polar surface area (TPSA) is 83.4 Å². The van der Waals surface area contributed by atoms with E-state index in [-0.39, 0.29) is 17.5 Å². The summed E-state index contributed by atoms with van der Waals surface area (Å²) in [5.41, 5.74) is 1.27. The van der Waals surface area contributed by atoms with Crippen LogP contribution in [0.3, 0.4) is 0 Å². The van der Waals surface area contributed by atoms with Crippen LogP contribution in [0.15, 0.2) is 28.6 Å². The number of pyridine rings is 1. The summed E-state index contributed by atoms with van der Waals surface area (Å²) >= 11 is 1.39. The molecule has 1 amide bonds. The van der Waals surface area contributed by atoms with E-state index in [1.165, 1.54) is 11.3 Å². The number of amides is 1. The summed E-state index contributed by atoms with van der Waals surface area (Å²) < 4.78 is 2.24. The largest absolute Gasteiger partial charge is 0.354 e. The number of nitrogens with one attached hydrogen (secondary N) is 1. The zero-order valence-electron chi connectivity index (χ0n) is 16.4. The van der Waals surface area contributed by atoms with E-state index < -0.39 is 0 Å². The molecule has 3 aromatic rings. The van der Waals surface area contributed by atoms with Crippen molar-refractivity contribution in [3.63, 3.8) is 0 Å². The Morgan fingerprint density at radius 3 is 3.03 bits per heavy atom. The van der Waals surface area contributed by atoms with E-state index in [4.69, 9.17) is 0 Å². The molecule has 0 aromatic carbocycles. The number of carbonyl (C=O) groups is 1. The van der Waals surface area contributed by atoms with Gasteiger partial charge in [0.15, 0.2) is 0 Å². The minimum Gasteiger partial charge on any atom is -0.354 e. The van der Waals surface area contributed by atoms with Gasteiger partial charge >= 0.3 is 0 Å². The van der Waals surface area contributed by atoms with E-state index in [0.29, 0.717) is 28.6 Å². The Labute approximate surface area is 171 Å². The number of fused-ring (bicyclic) bond motifs is 4. The SMILES string of the molecule is CCNc1ncc2c(n1)N1CCC[C@H]1CN(c1csc3c(=O)n(C)ccc13)C2=O. The van der Waals surface area contributed by atoms with Crippen LogP contribution in [0.2, 0.25) is 0 Å². The van der Waals surface area contributed by atoms with E-state index in [1.54, 1.807) is 24.0 Å². The summed E-state index contributed by atoms with van der Waals surface area (Å²) in [5, 5.41) is 5.88. The van der Waals surface area contributed by atoms with Crippen molar-refractivity contribution in [2.24, 2.45) is 7.05 Å². The Bertz CT molecular complexity index is 1170. The lowest BCUT2D eigenvalue weighted by Gasteiger charge is -2.26. The zero-order valence-corrected chi connectivity index (χ0v) is 17.2. The Morgan fingerprint density at radius 1 is 1.34 bits per heavy atom. The van der Waals surface area contributed by atoms with Gasteiger partial charge in [-0.2, -0.15) is 4.98 Å². The molecular weight excluding hydrogens is 388 g/mol. The van der Waals surface area contributed by atoms with Gasteiger partial charge in [0.05, 0.1) is 5.69 Å². The third kappa shape index (κ3) is 2.79. The van der Waals surface area contributed by atoms with Crippen molar-refractivity contribution in [1.29, 1.82) is 0 Å². The molecule has 5 rings (SSSR count). The average Bonchev–Trinajstić information content (AvgIpc) is 3.33. The van der Waals surface area contributed by atoms with Crippen molar-refractivity contribution in [3.8, 4) is 0 Å². The molecule has 1 N–H and O–H groups in total. The number of hydrogen-bond acceptors (Lipinski definition) is 7. The van der Waals surface area contributed by atoms with Gasteiger partial charge < -0.3 is 19.7 Å². The van der Waals surface area contributed by atoms with Crippen molar-refractivity contribution < 1.29 is 4.79 Å². The Kier molecular flexibility index (Phi) is 4.27. The lowest BCUT2D eigenvalue weighted by Crippen LogP contribution is -2.39. The van der Waals surface area contributed by atoms with Gasteiger partial charge in [-0.1, -0.05) is 0 Å². The predicted octanol–water partition coefficient (Wildman–Crippen LogP) is 2.45. The van der Waals surface area contributed by atoms with Crippen molar-refractivity contribution in [3.05, 3.63) is 39.8 Å². The molecule has 150 valence electrons. The number of nitrogens with zero attached hydrogens (tertiary/aromatic N) is 5.